The molecule has 0 spiro atoms. The van der Waals surface area contributed by atoms with Crippen LogP contribution in [0.25, 0.3) is 0 Å². The van der Waals surface area contributed by atoms with Crippen LogP contribution in [0.15, 0.2) is 30.4 Å². The van der Waals surface area contributed by atoms with E-state index < -0.39 is 11.4 Å². The fourth-order valence-electron chi connectivity index (χ4n) is 2.66. The lowest BCUT2D eigenvalue weighted by Gasteiger charge is -2.34. The van der Waals surface area contributed by atoms with Gasteiger partial charge in [0.05, 0.1) is 20.6 Å². The maximum Gasteiger partial charge on any atom is 0.304 e. The van der Waals surface area contributed by atoms with Gasteiger partial charge in [-0.3, -0.25) is 4.79 Å². The maximum absolute atomic E-state index is 11.4. The normalized spacial score (nSPS) is 14.2. The smallest absolute Gasteiger partial charge is 0.304 e. The highest BCUT2D eigenvalue weighted by Gasteiger charge is 2.36. The molecular weight excluding hydrogens is 268 g/mol. The topological polar surface area (TPSA) is 55.8 Å². The molecule has 0 saturated heterocycles. The van der Waals surface area contributed by atoms with Gasteiger partial charge in [-0.25, -0.2) is 0 Å². The van der Waals surface area contributed by atoms with Gasteiger partial charge in [0.25, 0.3) is 0 Å². The van der Waals surface area contributed by atoms with Gasteiger partial charge in [0.1, 0.15) is 0 Å². The summed E-state index contributed by atoms with van der Waals surface area (Å²) in [5.41, 5.74) is 0.343. The quantitative estimate of drug-likeness (QED) is 0.779. The zero-order valence-electron chi connectivity index (χ0n) is 13.3. The Bertz CT molecular complexity index is 520. The van der Waals surface area contributed by atoms with Crippen molar-refractivity contribution in [2.45, 2.75) is 32.6 Å². The third kappa shape index (κ3) is 3.57. The fraction of sp³-hybridized carbons (Fsp3) is 0.471. The molecule has 0 aromatic heterocycles. The molecule has 1 aromatic rings. The largest absolute Gasteiger partial charge is 0.493 e. The van der Waals surface area contributed by atoms with Crippen molar-refractivity contribution in [3.8, 4) is 11.5 Å². The van der Waals surface area contributed by atoms with Crippen molar-refractivity contribution in [3.05, 3.63) is 35.9 Å². The molecule has 0 fully saturated rings. The number of rotatable bonds is 7. The predicted molar refractivity (Wildman–Crippen MR) is 83.1 cm³/mol. The van der Waals surface area contributed by atoms with Crippen LogP contribution in [0.5, 0.6) is 11.5 Å². The summed E-state index contributed by atoms with van der Waals surface area (Å²) in [5.74, 6) is 0.545. The standard InChI is InChI=1S/C17H24O4/c1-6-9-17(12(2)3,11-16(18)19)13-7-8-14(20-4)15(10-13)21-5/h6-10,12H,11H2,1-5H3,(H,18,19)/b9-6+/t17-/m1/s1. The Morgan fingerprint density at radius 3 is 2.33 bits per heavy atom. The zero-order chi connectivity index (χ0) is 16.0. The number of ether oxygens (including phenoxy) is 2. The van der Waals surface area contributed by atoms with Crippen molar-refractivity contribution in [2.75, 3.05) is 14.2 Å². The van der Waals surface area contributed by atoms with Gasteiger partial charge >= 0.3 is 5.97 Å². The molecule has 4 nitrogen and oxygen atoms in total. The molecule has 4 heteroatoms. The number of carbonyl (C=O) groups is 1. The van der Waals surface area contributed by atoms with E-state index in [-0.39, 0.29) is 12.3 Å². The first-order valence-corrected chi connectivity index (χ1v) is 6.99. The van der Waals surface area contributed by atoms with Crippen LogP contribution in [0.4, 0.5) is 0 Å². The van der Waals surface area contributed by atoms with Gasteiger partial charge < -0.3 is 14.6 Å². The zero-order valence-corrected chi connectivity index (χ0v) is 13.3. The molecule has 0 radical (unpaired) electrons. The van der Waals surface area contributed by atoms with E-state index in [2.05, 4.69) is 0 Å². The number of aliphatic carboxylic acids is 1. The highest BCUT2D eigenvalue weighted by Crippen LogP contribution is 2.41. The van der Waals surface area contributed by atoms with Gasteiger partial charge in [-0.2, -0.15) is 0 Å². The molecule has 1 aromatic carbocycles. The van der Waals surface area contributed by atoms with Gasteiger partial charge in [-0.15, -0.1) is 0 Å². The van der Waals surface area contributed by atoms with Gasteiger partial charge in [0.15, 0.2) is 11.5 Å². The van der Waals surface area contributed by atoms with Gasteiger partial charge in [-0.05, 0) is 30.5 Å². The third-order valence-corrected chi connectivity index (χ3v) is 3.86. The highest BCUT2D eigenvalue weighted by atomic mass is 16.5. The third-order valence-electron chi connectivity index (χ3n) is 3.86. The van der Waals surface area contributed by atoms with Crippen molar-refractivity contribution in [2.24, 2.45) is 5.92 Å². The Hall–Kier alpha value is -1.97. The number of benzene rings is 1. The Morgan fingerprint density at radius 1 is 1.29 bits per heavy atom. The maximum atomic E-state index is 11.4. The monoisotopic (exact) mass is 292 g/mol. The lowest BCUT2D eigenvalue weighted by molar-refractivity contribution is -0.138. The number of carboxylic acids is 1. The summed E-state index contributed by atoms with van der Waals surface area (Å²) in [5, 5.41) is 9.32. The molecule has 0 unspecified atom stereocenters. The Balaban J connectivity index is 3.47. The first-order chi connectivity index (χ1) is 9.91. The van der Waals surface area contributed by atoms with E-state index in [1.165, 1.54) is 0 Å². The molecule has 0 aliphatic rings. The van der Waals surface area contributed by atoms with Crippen molar-refractivity contribution in [3.63, 3.8) is 0 Å². The van der Waals surface area contributed by atoms with E-state index >= 15 is 0 Å². The van der Waals surface area contributed by atoms with Gasteiger partial charge in [0, 0.05) is 5.41 Å². The van der Waals surface area contributed by atoms with Crippen LogP contribution in [0.3, 0.4) is 0 Å². The minimum absolute atomic E-state index is 0.0322. The number of allylic oxidation sites excluding steroid dienone is 2. The molecule has 0 saturated carbocycles. The van der Waals surface area contributed by atoms with Crippen molar-refractivity contribution < 1.29 is 19.4 Å². The molecule has 21 heavy (non-hydrogen) atoms. The second-order valence-corrected chi connectivity index (χ2v) is 5.34. The molecule has 0 aliphatic carbocycles. The molecule has 1 rings (SSSR count). The fourth-order valence-corrected chi connectivity index (χ4v) is 2.66. The lowest BCUT2D eigenvalue weighted by atomic mass is 9.69. The van der Waals surface area contributed by atoms with Crippen LogP contribution < -0.4 is 9.47 Å². The van der Waals surface area contributed by atoms with Crippen molar-refractivity contribution in [1.29, 1.82) is 0 Å². The molecule has 0 amide bonds. The SMILES string of the molecule is C/C=C/[C@](CC(=O)O)(c1ccc(OC)c(OC)c1)C(C)C. The molecule has 1 N–H and O–H groups in total. The van der Waals surface area contributed by atoms with Crippen LogP contribution in [0.2, 0.25) is 0 Å². The van der Waals surface area contributed by atoms with E-state index in [4.69, 9.17) is 9.47 Å². The Kier molecular flexibility index (Phi) is 5.82. The summed E-state index contributed by atoms with van der Waals surface area (Å²) >= 11 is 0. The lowest BCUT2D eigenvalue weighted by Crippen LogP contribution is -2.33. The van der Waals surface area contributed by atoms with E-state index in [9.17, 15) is 9.90 Å². The second-order valence-electron chi connectivity index (χ2n) is 5.34. The first kappa shape index (κ1) is 17.1. The van der Waals surface area contributed by atoms with Crippen molar-refractivity contribution in [1.82, 2.24) is 0 Å². The van der Waals surface area contributed by atoms with Crippen LogP contribution >= 0.6 is 0 Å². The van der Waals surface area contributed by atoms with Gasteiger partial charge in [-0.1, -0.05) is 32.1 Å². The van der Waals surface area contributed by atoms with E-state index in [1.54, 1.807) is 14.2 Å². The predicted octanol–water partition coefficient (Wildman–Crippen LogP) is 3.65. The first-order valence-electron chi connectivity index (χ1n) is 6.99. The van der Waals surface area contributed by atoms with Crippen molar-refractivity contribution >= 4 is 5.97 Å². The van der Waals surface area contributed by atoms with Crippen LogP contribution in [-0.4, -0.2) is 25.3 Å². The summed E-state index contributed by atoms with van der Waals surface area (Å²) in [6, 6.07) is 5.59. The summed E-state index contributed by atoms with van der Waals surface area (Å²) in [7, 11) is 3.15. The second kappa shape index (κ2) is 7.16. The summed E-state index contributed by atoms with van der Waals surface area (Å²) < 4.78 is 10.6. The molecule has 0 aliphatic heterocycles. The molecular formula is C17H24O4. The molecule has 116 valence electrons. The minimum Gasteiger partial charge on any atom is -0.493 e. The number of methoxy groups -OCH3 is 2. The van der Waals surface area contributed by atoms with E-state index in [0.717, 1.165) is 5.56 Å². The summed E-state index contributed by atoms with van der Waals surface area (Å²) in [6.07, 6.45) is 3.90. The molecule has 1 atom stereocenters. The average molecular weight is 292 g/mol. The van der Waals surface area contributed by atoms with Crippen LogP contribution in [0.1, 0.15) is 32.8 Å². The molecule has 0 bridgehead atoms. The van der Waals surface area contributed by atoms with Crippen LogP contribution in [-0.2, 0) is 10.2 Å². The minimum atomic E-state index is -0.823. The van der Waals surface area contributed by atoms with Gasteiger partial charge in [0.2, 0.25) is 0 Å². The van der Waals surface area contributed by atoms with E-state index in [1.807, 2.05) is 51.1 Å². The highest BCUT2D eigenvalue weighted by molar-refractivity contribution is 5.70. The Morgan fingerprint density at radius 2 is 1.90 bits per heavy atom. The van der Waals surface area contributed by atoms with Crippen LogP contribution in [0, 0.1) is 5.92 Å². The summed E-state index contributed by atoms with van der Waals surface area (Å²) in [4.78, 5) is 11.4. The van der Waals surface area contributed by atoms with E-state index in [0.29, 0.717) is 11.5 Å². The summed E-state index contributed by atoms with van der Waals surface area (Å²) in [6.45, 7) is 5.96. The number of hydrogen-bond donors (Lipinski definition) is 1. The molecule has 0 heterocycles. The number of carboxylic acid groups (broad SMARTS) is 1. The average Bonchev–Trinajstić information content (AvgIpc) is 2.45. The number of hydrogen-bond acceptors (Lipinski definition) is 3. The Labute approximate surface area is 126 Å².